The number of nitrogens with zero attached hydrogens (tertiary/aromatic N) is 6. The zero-order chi connectivity index (χ0) is 22.1. The first-order valence-electron chi connectivity index (χ1n) is 10.4. The molecule has 0 aliphatic carbocycles. The fourth-order valence-corrected chi connectivity index (χ4v) is 4.70. The van der Waals surface area contributed by atoms with Gasteiger partial charge in [-0.05, 0) is 33.3 Å². The fraction of sp³-hybridized carbons (Fsp3) is 0.550. The van der Waals surface area contributed by atoms with Crippen LogP contribution in [0, 0.1) is 6.92 Å². The largest absolute Gasteiger partial charge is 0.372 e. The van der Waals surface area contributed by atoms with Crippen molar-refractivity contribution in [2.24, 2.45) is 7.05 Å². The molecule has 0 bridgehead atoms. The average Bonchev–Trinajstić information content (AvgIpc) is 3.09. The van der Waals surface area contributed by atoms with Gasteiger partial charge in [0.1, 0.15) is 0 Å². The number of nitrogens with one attached hydrogen (secondary N) is 1. The van der Waals surface area contributed by atoms with Crippen LogP contribution in [0.2, 0.25) is 0 Å². The fourth-order valence-electron chi connectivity index (χ4n) is 3.90. The molecule has 0 unspecified atom stereocenters. The van der Waals surface area contributed by atoms with E-state index in [1.807, 2.05) is 31.4 Å². The standard InChI is InChI=1S/C20H27N7O3S/c1-12-6-7-21-18(22-12)31-9-5-8-27-15-16(25(4)20(29)24-17(15)28)23-19(27)26-10-13(2)30-14(3)11-26/h6-7,13-14H,5,8-11H2,1-4H3,(H,24,28,29)/t13-,14-/m0/s1. The summed E-state index contributed by atoms with van der Waals surface area (Å²) in [6.07, 6.45) is 2.65. The lowest BCUT2D eigenvalue weighted by Gasteiger charge is -2.36. The Bertz CT molecular complexity index is 1190. The molecule has 1 aliphatic heterocycles. The van der Waals surface area contributed by atoms with Crippen molar-refractivity contribution in [3.05, 3.63) is 38.8 Å². The second kappa shape index (κ2) is 8.83. The van der Waals surface area contributed by atoms with Crippen LogP contribution >= 0.6 is 11.8 Å². The summed E-state index contributed by atoms with van der Waals surface area (Å²) in [5.74, 6) is 1.49. The molecule has 3 aromatic rings. The van der Waals surface area contributed by atoms with Gasteiger partial charge in [0.15, 0.2) is 16.3 Å². The monoisotopic (exact) mass is 445 g/mol. The summed E-state index contributed by atoms with van der Waals surface area (Å²) < 4.78 is 9.17. The molecule has 1 fully saturated rings. The number of ether oxygens (including phenoxy) is 1. The van der Waals surface area contributed by atoms with Gasteiger partial charge in [0.2, 0.25) is 5.95 Å². The van der Waals surface area contributed by atoms with Crippen molar-refractivity contribution in [2.45, 2.75) is 51.1 Å². The molecule has 1 N–H and O–H groups in total. The number of rotatable bonds is 6. The zero-order valence-corrected chi connectivity index (χ0v) is 19.0. The maximum absolute atomic E-state index is 12.7. The SMILES string of the molecule is Cc1ccnc(SCCCn2c(N3C[C@H](C)O[C@@H](C)C3)nc3c2c(=O)[nH]c(=O)n3C)n1. The molecular weight excluding hydrogens is 418 g/mol. The van der Waals surface area contributed by atoms with E-state index in [1.54, 1.807) is 25.0 Å². The van der Waals surface area contributed by atoms with E-state index in [9.17, 15) is 9.59 Å². The highest BCUT2D eigenvalue weighted by Crippen LogP contribution is 2.24. The van der Waals surface area contributed by atoms with E-state index in [0.717, 1.165) is 23.0 Å². The third-order valence-electron chi connectivity index (χ3n) is 5.22. The first-order chi connectivity index (χ1) is 14.8. The van der Waals surface area contributed by atoms with E-state index >= 15 is 0 Å². The number of H-pyrrole nitrogens is 1. The Kier molecular flexibility index (Phi) is 6.15. The summed E-state index contributed by atoms with van der Waals surface area (Å²) in [4.78, 5) is 42.8. The zero-order valence-electron chi connectivity index (χ0n) is 18.2. The van der Waals surface area contributed by atoms with Gasteiger partial charge < -0.3 is 14.2 Å². The smallest absolute Gasteiger partial charge is 0.329 e. The van der Waals surface area contributed by atoms with Gasteiger partial charge in [-0.15, -0.1) is 0 Å². The summed E-state index contributed by atoms with van der Waals surface area (Å²) in [6.45, 7) is 7.92. The Balaban J connectivity index is 1.64. The first-order valence-corrected chi connectivity index (χ1v) is 11.3. The van der Waals surface area contributed by atoms with E-state index < -0.39 is 11.2 Å². The molecule has 3 aromatic heterocycles. The van der Waals surface area contributed by atoms with Crippen molar-refractivity contribution in [2.75, 3.05) is 23.7 Å². The normalized spacial score (nSPS) is 19.3. The molecule has 11 heteroatoms. The second-order valence-electron chi connectivity index (χ2n) is 7.90. The molecule has 31 heavy (non-hydrogen) atoms. The van der Waals surface area contributed by atoms with E-state index in [4.69, 9.17) is 9.72 Å². The molecule has 4 heterocycles. The van der Waals surface area contributed by atoms with E-state index in [0.29, 0.717) is 36.7 Å². The van der Waals surface area contributed by atoms with Gasteiger partial charge in [0.25, 0.3) is 5.56 Å². The van der Waals surface area contributed by atoms with Crippen LogP contribution in [0.3, 0.4) is 0 Å². The van der Waals surface area contributed by atoms with Gasteiger partial charge in [0.05, 0.1) is 12.2 Å². The van der Waals surface area contributed by atoms with Crippen molar-refractivity contribution in [1.29, 1.82) is 0 Å². The number of aryl methyl sites for hydroxylation is 3. The molecule has 0 radical (unpaired) electrons. The van der Waals surface area contributed by atoms with Gasteiger partial charge in [-0.25, -0.2) is 14.8 Å². The minimum Gasteiger partial charge on any atom is -0.372 e. The molecule has 1 saturated heterocycles. The summed E-state index contributed by atoms with van der Waals surface area (Å²) >= 11 is 1.58. The van der Waals surface area contributed by atoms with E-state index in [1.165, 1.54) is 4.57 Å². The number of aromatic nitrogens is 6. The van der Waals surface area contributed by atoms with E-state index in [2.05, 4.69) is 19.9 Å². The van der Waals surface area contributed by atoms with Crippen molar-refractivity contribution >= 4 is 28.9 Å². The van der Waals surface area contributed by atoms with Crippen LogP contribution in [0.25, 0.3) is 11.2 Å². The lowest BCUT2D eigenvalue weighted by atomic mass is 10.2. The van der Waals surface area contributed by atoms with Crippen molar-refractivity contribution in [1.82, 2.24) is 29.1 Å². The number of hydrogen-bond donors (Lipinski definition) is 1. The maximum Gasteiger partial charge on any atom is 0.329 e. The first kappa shape index (κ1) is 21.6. The highest BCUT2D eigenvalue weighted by Gasteiger charge is 2.28. The van der Waals surface area contributed by atoms with Gasteiger partial charge in [-0.2, -0.15) is 4.98 Å². The molecular formula is C20H27N7O3S. The number of aromatic amines is 1. The Morgan fingerprint density at radius 2 is 1.97 bits per heavy atom. The lowest BCUT2D eigenvalue weighted by molar-refractivity contribution is -0.00588. The van der Waals surface area contributed by atoms with Crippen LogP contribution in [-0.2, 0) is 18.3 Å². The average molecular weight is 446 g/mol. The van der Waals surface area contributed by atoms with Crippen LogP contribution < -0.4 is 16.1 Å². The van der Waals surface area contributed by atoms with Crippen LogP contribution in [0.4, 0.5) is 5.95 Å². The molecule has 2 atom stereocenters. The summed E-state index contributed by atoms with van der Waals surface area (Å²) in [5, 5.41) is 0.742. The van der Waals surface area contributed by atoms with Crippen LogP contribution in [-0.4, -0.2) is 60.1 Å². The molecule has 0 saturated carbocycles. The molecule has 0 spiro atoms. The third kappa shape index (κ3) is 4.52. The minimum atomic E-state index is -0.468. The second-order valence-corrected chi connectivity index (χ2v) is 8.96. The van der Waals surface area contributed by atoms with Crippen molar-refractivity contribution in [3.63, 3.8) is 0 Å². The number of thioether (sulfide) groups is 1. The maximum atomic E-state index is 12.7. The number of hydrogen-bond acceptors (Lipinski definition) is 8. The van der Waals surface area contributed by atoms with Gasteiger partial charge in [0, 0.05) is 44.3 Å². The summed E-state index contributed by atoms with van der Waals surface area (Å²) in [6, 6.07) is 1.87. The number of anilines is 1. The summed E-state index contributed by atoms with van der Waals surface area (Å²) in [7, 11) is 1.62. The molecule has 1 aliphatic rings. The Labute approximate surface area is 183 Å². The quantitative estimate of drug-likeness (QED) is 0.344. The highest BCUT2D eigenvalue weighted by atomic mass is 32.2. The molecule has 166 valence electrons. The minimum absolute atomic E-state index is 0.0492. The molecule has 0 amide bonds. The molecule has 10 nitrogen and oxygen atoms in total. The Morgan fingerprint density at radius 3 is 2.68 bits per heavy atom. The summed E-state index contributed by atoms with van der Waals surface area (Å²) in [5.41, 5.74) is 0.861. The predicted molar refractivity (Wildman–Crippen MR) is 120 cm³/mol. The third-order valence-corrected chi connectivity index (χ3v) is 6.17. The van der Waals surface area contributed by atoms with Crippen LogP contribution in [0.5, 0.6) is 0 Å². The van der Waals surface area contributed by atoms with Gasteiger partial charge in [-0.1, -0.05) is 11.8 Å². The van der Waals surface area contributed by atoms with E-state index in [-0.39, 0.29) is 12.2 Å². The van der Waals surface area contributed by atoms with Gasteiger partial charge in [-0.3, -0.25) is 14.3 Å². The Hall–Kier alpha value is -2.66. The Morgan fingerprint density at radius 1 is 1.23 bits per heavy atom. The lowest BCUT2D eigenvalue weighted by Crippen LogP contribution is -2.46. The van der Waals surface area contributed by atoms with Crippen molar-refractivity contribution < 1.29 is 4.74 Å². The highest BCUT2D eigenvalue weighted by molar-refractivity contribution is 7.99. The predicted octanol–water partition coefficient (Wildman–Crippen LogP) is 1.32. The molecule has 4 rings (SSSR count). The van der Waals surface area contributed by atoms with Crippen LogP contribution in [0.1, 0.15) is 26.0 Å². The number of morpholine rings is 1. The van der Waals surface area contributed by atoms with Gasteiger partial charge >= 0.3 is 5.69 Å². The van der Waals surface area contributed by atoms with Crippen LogP contribution in [0.15, 0.2) is 27.0 Å². The van der Waals surface area contributed by atoms with Crippen molar-refractivity contribution in [3.8, 4) is 0 Å². The topological polar surface area (TPSA) is 111 Å². The molecule has 0 aromatic carbocycles. The number of fused-ring (bicyclic) bond motifs is 1. The number of imidazole rings is 1.